The highest BCUT2D eigenvalue weighted by Gasteiger charge is 2.76. The lowest BCUT2D eigenvalue weighted by Gasteiger charge is -2.60. The van der Waals surface area contributed by atoms with Crippen molar-refractivity contribution in [3.05, 3.63) is 76.3 Å². The molecule has 7 atom stereocenters. The summed E-state index contributed by atoms with van der Waals surface area (Å²) in [4.78, 5) is 29.4. The number of fused-ring (bicyclic) bond motifs is 2. The fraction of sp³-hybridized carbons (Fsp3) is 0.448. The first-order chi connectivity index (χ1) is 17.0. The van der Waals surface area contributed by atoms with Crippen LogP contribution < -0.4 is 4.90 Å². The van der Waals surface area contributed by atoms with Gasteiger partial charge >= 0.3 is 0 Å². The summed E-state index contributed by atoms with van der Waals surface area (Å²) in [5.74, 6) is 1.15. The fourth-order valence-corrected chi connectivity index (χ4v) is 9.34. The summed E-state index contributed by atoms with van der Waals surface area (Å²) in [7, 11) is 0. The lowest BCUT2D eigenvalue weighted by molar-refractivity contribution is -0.935. The number of Topliss-reactive ketones (excluding diaryl/α,β-unsaturated/α-hetero) is 1. The lowest BCUT2D eigenvalue weighted by atomic mass is 9.53. The molecule has 2 aromatic carbocycles. The largest absolute Gasteiger partial charge is 0.373 e. The molecular formula is C29H28ClN2O3+. The molecule has 4 fully saturated rings. The van der Waals surface area contributed by atoms with E-state index in [9.17, 15) is 9.59 Å². The Morgan fingerprint density at radius 2 is 2.00 bits per heavy atom. The molecule has 0 aromatic heterocycles. The molecule has 5 aliphatic heterocycles. The average molecular weight is 488 g/mol. The van der Waals surface area contributed by atoms with E-state index in [1.54, 1.807) is 0 Å². The number of anilines is 1. The van der Waals surface area contributed by atoms with Crippen LogP contribution in [0.15, 0.2) is 60.2 Å². The van der Waals surface area contributed by atoms with Crippen LogP contribution in [-0.2, 0) is 14.9 Å². The van der Waals surface area contributed by atoms with E-state index in [4.69, 9.17) is 16.3 Å². The topological polar surface area (TPSA) is 46.6 Å². The van der Waals surface area contributed by atoms with Gasteiger partial charge in [-0.15, -0.1) is 0 Å². The molecule has 6 aliphatic rings. The second kappa shape index (κ2) is 6.84. The summed E-state index contributed by atoms with van der Waals surface area (Å²) in [6.07, 6.45) is 4.85. The first-order valence-electron chi connectivity index (χ1n) is 12.9. The van der Waals surface area contributed by atoms with Crippen molar-refractivity contribution in [2.24, 2.45) is 11.8 Å². The number of amides is 1. The van der Waals surface area contributed by atoms with Gasteiger partial charge in [-0.3, -0.25) is 9.59 Å². The highest BCUT2D eigenvalue weighted by Crippen LogP contribution is 2.67. The van der Waals surface area contributed by atoms with Crippen LogP contribution in [0, 0.1) is 11.8 Å². The number of piperidine rings is 2. The minimum atomic E-state index is -0.106. The fourth-order valence-electron chi connectivity index (χ4n) is 9.21. The molecular weight excluding hydrogens is 460 g/mol. The Morgan fingerprint density at radius 1 is 1.17 bits per heavy atom. The standard InChI is InChI=1S/C29H28ClN2O3/c30-19-7-5-17(6-8-19)23(33)16-32-11-10-29-21-3-1-2-4-22(21)31-26(34)14-24-27(28(29)31)20(13-25(29)32)18(15-32)9-12-35-24/h1-9,20,24-25,27-28H,10-16H2/q+1/t20-,24-,25-,27-,28-,29+,32-/m0/s1. The van der Waals surface area contributed by atoms with E-state index in [1.807, 2.05) is 24.3 Å². The van der Waals surface area contributed by atoms with Crippen LogP contribution in [0.3, 0.4) is 0 Å². The quantitative estimate of drug-likeness (QED) is 0.371. The Labute approximate surface area is 209 Å². The minimum absolute atomic E-state index is 0.00839. The molecule has 0 N–H and O–H groups in total. The molecule has 6 heteroatoms. The normalized spacial score (nSPS) is 39.7. The van der Waals surface area contributed by atoms with E-state index in [0.717, 1.165) is 41.7 Å². The molecule has 1 amide bonds. The molecule has 5 nitrogen and oxygen atoms in total. The zero-order chi connectivity index (χ0) is 23.5. The molecule has 1 saturated carbocycles. The number of hydrogen-bond acceptors (Lipinski definition) is 3. The van der Waals surface area contributed by atoms with Crippen molar-refractivity contribution >= 4 is 29.0 Å². The van der Waals surface area contributed by atoms with Crippen molar-refractivity contribution in [3.8, 4) is 0 Å². The summed E-state index contributed by atoms with van der Waals surface area (Å²) in [5.41, 5.74) is 4.52. The van der Waals surface area contributed by atoms with Crippen molar-refractivity contribution < 1.29 is 18.8 Å². The Morgan fingerprint density at radius 3 is 2.86 bits per heavy atom. The Bertz CT molecular complexity index is 1320. The van der Waals surface area contributed by atoms with Gasteiger partial charge in [0.2, 0.25) is 11.7 Å². The van der Waals surface area contributed by atoms with Crippen molar-refractivity contribution in [1.82, 2.24) is 0 Å². The first-order valence-corrected chi connectivity index (χ1v) is 13.3. The number of quaternary nitrogens is 1. The second-order valence-electron chi connectivity index (χ2n) is 11.5. The van der Waals surface area contributed by atoms with Gasteiger partial charge in [0.1, 0.15) is 19.1 Å². The maximum atomic E-state index is 13.7. The van der Waals surface area contributed by atoms with E-state index < -0.39 is 0 Å². The molecule has 35 heavy (non-hydrogen) atoms. The average Bonchev–Trinajstić information content (AvgIpc) is 3.29. The number of rotatable bonds is 3. The molecule has 178 valence electrons. The molecule has 2 bridgehead atoms. The van der Waals surface area contributed by atoms with Crippen LogP contribution in [0.4, 0.5) is 5.69 Å². The number of carbonyl (C=O) groups is 2. The molecule has 5 heterocycles. The summed E-state index contributed by atoms with van der Waals surface area (Å²) < 4.78 is 7.18. The number of hydrogen-bond donors (Lipinski definition) is 0. The third kappa shape index (κ3) is 2.47. The molecule has 8 rings (SSSR count). The first kappa shape index (κ1) is 20.7. The Balaban J connectivity index is 1.31. The summed E-state index contributed by atoms with van der Waals surface area (Å²) in [6.45, 7) is 2.96. The number of halogens is 1. The second-order valence-corrected chi connectivity index (χ2v) is 11.9. The summed E-state index contributed by atoms with van der Waals surface area (Å²) in [6, 6.07) is 16.4. The van der Waals surface area contributed by atoms with Gasteiger partial charge in [0.05, 0.1) is 37.1 Å². The van der Waals surface area contributed by atoms with Gasteiger partial charge in [0.15, 0.2) is 0 Å². The Kier molecular flexibility index (Phi) is 4.05. The van der Waals surface area contributed by atoms with Crippen molar-refractivity contribution in [2.75, 3.05) is 31.1 Å². The van der Waals surface area contributed by atoms with Gasteiger partial charge < -0.3 is 14.1 Å². The van der Waals surface area contributed by atoms with E-state index in [2.05, 4.69) is 35.2 Å². The van der Waals surface area contributed by atoms with E-state index in [1.165, 1.54) is 11.1 Å². The molecule has 1 aliphatic carbocycles. The maximum Gasteiger partial charge on any atom is 0.229 e. The number of para-hydroxylation sites is 1. The van der Waals surface area contributed by atoms with Crippen LogP contribution in [0.5, 0.6) is 0 Å². The highest BCUT2D eigenvalue weighted by molar-refractivity contribution is 6.30. The molecule has 0 radical (unpaired) electrons. The smallest absolute Gasteiger partial charge is 0.229 e. The third-order valence-electron chi connectivity index (χ3n) is 10.3. The van der Waals surface area contributed by atoms with Crippen molar-refractivity contribution in [3.63, 3.8) is 0 Å². The van der Waals surface area contributed by atoms with E-state index >= 15 is 0 Å². The number of nitrogens with zero attached hydrogens (tertiary/aromatic N) is 2. The minimum Gasteiger partial charge on any atom is -0.373 e. The number of ether oxygens (including phenoxy) is 1. The van der Waals surface area contributed by atoms with Crippen molar-refractivity contribution in [1.29, 1.82) is 0 Å². The van der Waals surface area contributed by atoms with Crippen molar-refractivity contribution in [2.45, 2.75) is 42.9 Å². The molecule has 3 saturated heterocycles. The zero-order valence-corrected chi connectivity index (χ0v) is 20.3. The molecule has 2 aromatic rings. The lowest BCUT2D eigenvalue weighted by Crippen LogP contribution is -2.73. The van der Waals surface area contributed by atoms with Crippen LogP contribution in [0.1, 0.15) is 35.2 Å². The van der Waals surface area contributed by atoms with E-state index in [-0.39, 0.29) is 29.3 Å². The summed E-state index contributed by atoms with van der Waals surface area (Å²) >= 11 is 6.10. The van der Waals surface area contributed by atoms with Gasteiger partial charge in [-0.1, -0.05) is 35.9 Å². The molecule has 0 unspecified atom stereocenters. The third-order valence-corrected chi connectivity index (χ3v) is 10.6. The number of carbonyl (C=O) groups excluding carboxylic acids is 2. The predicted octanol–water partition coefficient (Wildman–Crippen LogP) is 4.14. The summed E-state index contributed by atoms with van der Waals surface area (Å²) in [5, 5.41) is 0.649. The van der Waals surface area contributed by atoms with Gasteiger partial charge in [-0.2, -0.15) is 0 Å². The van der Waals surface area contributed by atoms with Gasteiger partial charge in [0, 0.05) is 35.0 Å². The Hall–Kier alpha value is -2.47. The number of ketones is 1. The zero-order valence-electron chi connectivity index (χ0n) is 19.5. The molecule has 1 spiro atoms. The number of benzene rings is 2. The highest BCUT2D eigenvalue weighted by atomic mass is 35.5. The van der Waals surface area contributed by atoms with Crippen LogP contribution in [0.2, 0.25) is 5.02 Å². The van der Waals surface area contributed by atoms with Gasteiger partial charge in [0.25, 0.3) is 0 Å². The monoisotopic (exact) mass is 487 g/mol. The van der Waals surface area contributed by atoms with Crippen LogP contribution >= 0.6 is 11.6 Å². The van der Waals surface area contributed by atoms with Crippen LogP contribution in [0.25, 0.3) is 0 Å². The van der Waals surface area contributed by atoms with Crippen LogP contribution in [-0.4, -0.2) is 60.6 Å². The predicted molar refractivity (Wildman–Crippen MR) is 132 cm³/mol. The maximum absolute atomic E-state index is 13.7. The van der Waals surface area contributed by atoms with E-state index in [0.29, 0.717) is 42.5 Å². The van der Waals surface area contributed by atoms with Gasteiger partial charge in [-0.25, -0.2) is 0 Å². The SMILES string of the molecule is O=C(C[N@+]12CC[C@@]34c5ccccc5N5C(=O)C[C@@H]6OCC=C(C1)[C@H](C[C@@H]32)[C@@H]6[C@H]54)c1ccc(Cl)cc1. The van der Waals surface area contributed by atoms with Gasteiger partial charge in [-0.05, 0) is 47.4 Å².